The Kier molecular flexibility index (Phi) is 5.88. The van der Waals surface area contributed by atoms with Gasteiger partial charge in [0.25, 0.3) is 5.91 Å². The molecule has 0 saturated heterocycles. The van der Waals surface area contributed by atoms with Crippen molar-refractivity contribution < 1.29 is 13.6 Å². The van der Waals surface area contributed by atoms with E-state index in [1.165, 1.54) is 36.9 Å². The molecule has 2 N–H and O–H groups in total. The maximum absolute atomic E-state index is 13.2. The van der Waals surface area contributed by atoms with E-state index in [1.807, 2.05) is 0 Å². The van der Waals surface area contributed by atoms with Crippen molar-refractivity contribution >= 4 is 17.4 Å². The molecule has 1 aliphatic carbocycles. The van der Waals surface area contributed by atoms with Crippen LogP contribution in [0.5, 0.6) is 0 Å². The third-order valence-electron chi connectivity index (χ3n) is 4.21. The van der Waals surface area contributed by atoms with Gasteiger partial charge < -0.3 is 10.6 Å². The molecule has 1 heterocycles. The minimum atomic E-state index is -1.02. The number of halogens is 2. The first kappa shape index (κ1) is 18.0. The third-order valence-corrected chi connectivity index (χ3v) is 4.21. The third kappa shape index (κ3) is 4.84. The fourth-order valence-corrected chi connectivity index (χ4v) is 2.83. The number of anilines is 2. The lowest BCUT2D eigenvalue weighted by Crippen LogP contribution is -2.15. The van der Waals surface area contributed by atoms with Crippen LogP contribution in [-0.2, 0) is 0 Å². The molecule has 0 aliphatic heterocycles. The van der Waals surface area contributed by atoms with Gasteiger partial charge in [0.1, 0.15) is 17.8 Å². The van der Waals surface area contributed by atoms with Crippen molar-refractivity contribution in [1.29, 1.82) is 0 Å². The standard InChI is InChI=1S/C19H20F2N4O/c20-15-7-6-14(10-16(15)21)25-19(26)17-11-18(24-12-23-17)22-9-8-13-4-2-1-3-5-13/h4,6-7,10-12H,1-3,5,8-9H2,(H,25,26)(H,22,23,24). The van der Waals surface area contributed by atoms with Crippen molar-refractivity contribution in [2.24, 2.45) is 0 Å². The van der Waals surface area contributed by atoms with Crippen molar-refractivity contribution in [3.63, 3.8) is 0 Å². The van der Waals surface area contributed by atoms with Gasteiger partial charge in [0, 0.05) is 24.4 Å². The number of nitrogens with zero attached hydrogens (tertiary/aromatic N) is 2. The molecular formula is C19H20F2N4O. The predicted molar refractivity (Wildman–Crippen MR) is 96.0 cm³/mol. The highest BCUT2D eigenvalue weighted by atomic mass is 19.2. The number of carbonyl (C=O) groups is 1. The first-order valence-electron chi connectivity index (χ1n) is 8.62. The lowest BCUT2D eigenvalue weighted by Gasteiger charge is -2.13. The Morgan fingerprint density at radius 2 is 2.00 bits per heavy atom. The van der Waals surface area contributed by atoms with E-state index >= 15 is 0 Å². The van der Waals surface area contributed by atoms with Gasteiger partial charge in [-0.15, -0.1) is 0 Å². The van der Waals surface area contributed by atoms with Crippen molar-refractivity contribution in [2.75, 3.05) is 17.2 Å². The quantitative estimate of drug-likeness (QED) is 0.755. The Labute approximate surface area is 150 Å². The van der Waals surface area contributed by atoms with Gasteiger partial charge >= 0.3 is 0 Å². The van der Waals surface area contributed by atoms with Gasteiger partial charge in [0.15, 0.2) is 11.6 Å². The van der Waals surface area contributed by atoms with Crippen LogP contribution in [0.2, 0.25) is 0 Å². The van der Waals surface area contributed by atoms with E-state index in [0.29, 0.717) is 5.82 Å². The highest BCUT2D eigenvalue weighted by Gasteiger charge is 2.11. The van der Waals surface area contributed by atoms with Crippen LogP contribution in [0, 0.1) is 11.6 Å². The van der Waals surface area contributed by atoms with E-state index < -0.39 is 17.5 Å². The van der Waals surface area contributed by atoms with Crippen LogP contribution in [0.3, 0.4) is 0 Å². The zero-order valence-corrected chi connectivity index (χ0v) is 14.3. The molecule has 1 aromatic heterocycles. The summed E-state index contributed by atoms with van der Waals surface area (Å²) in [5.74, 6) is -1.96. The highest BCUT2D eigenvalue weighted by molar-refractivity contribution is 6.03. The molecule has 0 saturated carbocycles. The molecule has 0 bridgehead atoms. The van der Waals surface area contributed by atoms with Crippen LogP contribution < -0.4 is 10.6 Å². The Bertz CT molecular complexity index is 823. The molecule has 0 spiro atoms. The van der Waals surface area contributed by atoms with Crippen LogP contribution in [0.25, 0.3) is 0 Å². The second kappa shape index (κ2) is 8.51. The number of hydrogen-bond acceptors (Lipinski definition) is 4. The molecule has 26 heavy (non-hydrogen) atoms. The van der Waals surface area contributed by atoms with Gasteiger partial charge in [-0.05, 0) is 44.2 Å². The number of hydrogen-bond donors (Lipinski definition) is 2. The predicted octanol–water partition coefficient (Wildman–Crippen LogP) is 4.31. The second-order valence-electron chi connectivity index (χ2n) is 6.16. The molecule has 5 nitrogen and oxygen atoms in total. The minimum absolute atomic E-state index is 0.143. The van der Waals surface area contributed by atoms with Crippen molar-refractivity contribution in [3.05, 3.63) is 59.6 Å². The number of nitrogens with one attached hydrogen (secondary N) is 2. The average Bonchev–Trinajstić information content (AvgIpc) is 2.66. The molecule has 2 aromatic rings. The summed E-state index contributed by atoms with van der Waals surface area (Å²) in [6.45, 7) is 0.729. The number of allylic oxidation sites excluding steroid dienone is 1. The van der Waals surface area contributed by atoms with Crippen molar-refractivity contribution in [1.82, 2.24) is 9.97 Å². The summed E-state index contributed by atoms with van der Waals surface area (Å²) in [5.41, 5.74) is 1.75. The maximum Gasteiger partial charge on any atom is 0.274 e. The lowest BCUT2D eigenvalue weighted by molar-refractivity contribution is 0.102. The average molecular weight is 358 g/mol. The zero-order chi connectivity index (χ0) is 18.4. The molecule has 0 fully saturated rings. The molecule has 3 rings (SSSR count). The van der Waals surface area contributed by atoms with Gasteiger partial charge in [-0.3, -0.25) is 4.79 Å². The van der Waals surface area contributed by atoms with Gasteiger partial charge in [0.05, 0.1) is 0 Å². The zero-order valence-electron chi connectivity index (χ0n) is 14.3. The summed E-state index contributed by atoms with van der Waals surface area (Å²) in [5, 5.41) is 5.67. The van der Waals surface area contributed by atoms with Gasteiger partial charge in [-0.2, -0.15) is 0 Å². The Morgan fingerprint density at radius 1 is 1.12 bits per heavy atom. The van der Waals surface area contributed by atoms with Crippen LogP contribution in [0.15, 0.2) is 42.2 Å². The number of benzene rings is 1. The second-order valence-corrected chi connectivity index (χ2v) is 6.16. The molecule has 1 aliphatic rings. The van der Waals surface area contributed by atoms with E-state index in [1.54, 1.807) is 0 Å². The smallest absolute Gasteiger partial charge is 0.274 e. The monoisotopic (exact) mass is 358 g/mol. The summed E-state index contributed by atoms with van der Waals surface area (Å²) in [7, 11) is 0. The van der Waals surface area contributed by atoms with E-state index in [2.05, 4.69) is 26.7 Å². The number of amides is 1. The Morgan fingerprint density at radius 3 is 2.77 bits per heavy atom. The van der Waals surface area contributed by atoms with E-state index in [4.69, 9.17) is 0 Å². The first-order valence-corrected chi connectivity index (χ1v) is 8.62. The summed E-state index contributed by atoms with van der Waals surface area (Å²) < 4.78 is 26.2. The van der Waals surface area contributed by atoms with Crippen molar-refractivity contribution in [3.8, 4) is 0 Å². The summed E-state index contributed by atoms with van der Waals surface area (Å²) in [6.07, 6.45) is 9.34. The largest absolute Gasteiger partial charge is 0.370 e. The molecule has 0 radical (unpaired) electrons. The van der Waals surface area contributed by atoms with Crippen LogP contribution in [-0.4, -0.2) is 22.4 Å². The SMILES string of the molecule is O=C(Nc1ccc(F)c(F)c1)c1cc(NCCC2=CCCCC2)ncn1. The molecule has 1 amide bonds. The molecule has 7 heteroatoms. The minimum Gasteiger partial charge on any atom is -0.370 e. The number of aromatic nitrogens is 2. The molecule has 0 atom stereocenters. The van der Waals surface area contributed by atoms with Gasteiger partial charge in [0.2, 0.25) is 0 Å². The Hall–Kier alpha value is -2.83. The van der Waals surface area contributed by atoms with E-state index in [0.717, 1.165) is 37.9 Å². The van der Waals surface area contributed by atoms with E-state index in [-0.39, 0.29) is 11.4 Å². The summed E-state index contributed by atoms with van der Waals surface area (Å²) >= 11 is 0. The summed E-state index contributed by atoms with van der Waals surface area (Å²) in [4.78, 5) is 20.3. The fourth-order valence-electron chi connectivity index (χ4n) is 2.83. The molecule has 1 aromatic carbocycles. The number of rotatable bonds is 6. The first-order chi connectivity index (χ1) is 12.6. The van der Waals surface area contributed by atoms with Crippen LogP contribution in [0.4, 0.5) is 20.3 Å². The van der Waals surface area contributed by atoms with Crippen LogP contribution >= 0.6 is 0 Å². The summed E-state index contributed by atoms with van der Waals surface area (Å²) in [6, 6.07) is 4.70. The van der Waals surface area contributed by atoms with Crippen molar-refractivity contribution in [2.45, 2.75) is 32.1 Å². The molecule has 136 valence electrons. The van der Waals surface area contributed by atoms with E-state index in [9.17, 15) is 13.6 Å². The molecule has 0 unspecified atom stereocenters. The molecular weight excluding hydrogens is 338 g/mol. The number of carbonyl (C=O) groups excluding carboxylic acids is 1. The fraction of sp³-hybridized carbons (Fsp3) is 0.316. The normalized spacial score (nSPS) is 13.8. The van der Waals surface area contributed by atoms with Gasteiger partial charge in [-0.1, -0.05) is 11.6 Å². The lowest BCUT2D eigenvalue weighted by atomic mass is 9.97. The Balaban J connectivity index is 1.58. The van der Waals surface area contributed by atoms with Gasteiger partial charge in [-0.25, -0.2) is 18.7 Å². The van der Waals surface area contributed by atoms with Crippen LogP contribution in [0.1, 0.15) is 42.6 Å². The highest BCUT2D eigenvalue weighted by Crippen LogP contribution is 2.20. The topological polar surface area (TPSA) is 66.9 Å². The maximum atomic E-state index is 13.2.